The minimum Gasteiger partial charge on any atom is -0.481 e. The third-order valence-electron chi connectivity index (χ3n) is 7.41. The van der Waals surface area contributed by atoms with Gasteiger partial charge in [-0.15, -0.1) is 0 Å². The molecule has 2 N–H and O–H groups in total. The number of nitrogens with zero attached hydrogens (tertiary/aromatic N) is 1. The number of likely N-dealkylation sites (tertiary alicyclic amines) is 1. The van der Waals surface area contributed by atoms with Gasteiger partial charge in [-0.1, -0.05) is 61.9 Å². The maximum Gasteiger partial charge on any atom is 0.407 e. The number of hydrogen-bond acceptors (Lipinski definition) is 4. The van der Waals surface area contributed by atoms with Gasteiger partial charge in [0.25, 0.3) is 0 Å². The summed E-state index contributed by atoms with van der Waals surface area (Å²) in [5.74, 6) is -1.94. The first-order valence-electron chi connectivity index (χ1n) is 12.5. The molecule has 4 rings (SSSR count). The van der Waals surface area contributed by atoms with Crippen LogP contribution in [0, 0.1) is 11.8 Å². The topological polar surface area (TPSA) is 95.9 Å². The summed E-state index contributed by atoms with van der Waals surface area (Å²) in [5.41, 5.74) is 4.63. The van der Waals surface area contributed by atoms with Gasteiger partial charge in [0.2, 0.25) is 5.91 Å². The SMILES string of the molecule is CCCC(CNC(=O)OCC1c2ccccc2-c2ccccc21)C(=O)N1CCC[C@@H](C(=O)O)[C@H]1C. The number of carboxylic acids is 1. The van der Waals surface area contributed by atoms with Crippen LogP contribution in [0.1, 0.15) is 56.6 Å². The standard InChI is InChI=1S/C28H34N2O5/c1-3-9-19(26(31)30-15-8-14-20(18(30)2)27(32)33)16-29-28(34)35-17-25-23-12-6-4-10-21(23)22-11-5-7-13-24(22)25/h4-7,10-13,18-20,25H,3,8-9,14-17H2,1-2H3,(H,29,34)(H,32,33)/t18-,19?,20-/m1/s1. The lowest BCUT2D eigenvalue weighted by molar-refractivity contribution is -0.150. The molecule has 1 aliphatic heterocycles. The normalized spacial score (nSPS) is 20.0. The highest BCUT2D eigenvalue weighted by Gasteiger charge is 2.37. The number of benzene rings is 2. The van der Waals surface area contributed by atoms with Gasteiger partial charge in [-0.3, -0.25) is 9.59 Å². The number of piperidine rings is 1. The molecule has 2 aliphatic rings. The Labute approximate surface area is 206 Å². The van der Waals surface area contributed by atoms with Crippen molar-refractivity contribution in [3.8, 4) is 11.1 Å². The zero-order valence-electron chi connectivity index (χ0n) is 20.4. The van der Waals surface area contributed by atoms with E-state index in [-0.39, 0.29) is 31.0 Å². The van der Waals surface area contributed by atoms with Crippen molar-refractivity contribution in [1.82, 2.24) is 10.2 Å². The smallest absolute Gasteiger partial charge is 0.407 e. The van der Waals surface area contributed by atoms with Crippen LogP contribution in [0.4, 0.5) is 4.79 Å². The molecule has 186 valence electrons. The van der Waals surface area contributed by atoms with Crippen molar-refractivity contribution in [1.29, 1.82) is 0 Å². The Balaban J connectivity index is 1.36. The number of aliphatic carboxylic acids is 1. The van der Waals surface area contributed by atoms with Gasteiger partial charge < -0.3 is 20.1 Å². The van der Waals surface area contributed by atoms with Crippen LogP contribution in [0.2, 0.25) is 0 Å². The lowest BCUT2D eigenvalue weighted by atomic mass is 9.88. The molecule has 7 heteroatoms. The molecule has 2 amide bonds. The summed E-state index contributed by atoms with van der Waals surface area (Å²) in [6.45, 7) is 4.74. The molecule has 0 saturated carbocycles. The number of nitrogens with one attached hydrogen (secondary N) is 1. The van der Waals surface area contributed by atoms with E-state index in [4.69, 9.17) is 4.74 Å². The van der Waals surface area contributed by atoms with Crippen molar-refractivity contribution >= 4 is 18.0 Å². The van der Waals surface area contributed by atoms with Crippen molar-refractivity contribution in [2.75, 3.05) is 19.7 Å². The lowest BCUT2D eigenvalue weighted by Crippen LogP contribution is -2.52. The Morgan fingerprint density at radius 3 is 2.31 bits per heavy atom. The van der Waals surface area contributed by atoms with Crippen LogP contribution in [0.3, 0.4) is 0 Å². The monoisotopic (exact) mass is 478 g/mol. The van der Waals surface area contributed by atoms with Crippen LogP contribution >= 0.6 is 0 Å². The highest BCUT2D eigenvalue weighted by Crippen LogP contribution is 2.44. The number of carboxylic acid groups (broad SMARTS) is 1. The highest BCUT2D eigenvalue weighted by molar-refractivity contribution is 5.82. The second-order valence-corrected chi connectivity index (χ2v) is 9.55. The second-order valence-electron chi connectivity index (χ2n) is 9.55. The van der Waals surface area contributed by atoms with Gasteiger partial charge in [-0.2, -0.15) is 0 Å². The fourth-order valence-corrected chi connectivity index (χ4v) is 5.54. The zero-order valence-corrected chi connectivity index (χ0v) is 20.4. The van der Waals surface area contributed by atoms with E-state index in [9.17, 15) is 19.5 Å². The summed E-state index contributed by atoms with van der Waals surface area (Å²) in [4.78, 5) is 39.1. The summed E-state index contributed by atoms with van der Waals surface area (Å²) in [6.07, 6.45) is 2.11. The average Bonchev–Trinajstić information content (AvgIpc) is 3.18. The molecule has 2 aromatic carbocycles. The molecule has 2 aromatic rings. The second kappa shape index (κ2) is 10.9. The molecule has 0 radical (unpaired) electrons. The maximum atomic E-state index is 13.3. The van der Waals surface area contributed by atoms with Crippen molar-refractivity contribution in [2.24, 2.45) is 11.8 Å². The van der Waals surface area contributed by atoms with E-state index in [0.717, 1.165) is 17.5 Å². The van der Waals surface area contributed by atoms with E-state index in [0.29, 0.717) is 25.8 Å². The quantitative estimate of drug-likeness (QED) is 0.576. The van der Waals surface area contributed by atoms with E-state index in [1.165, 1.54) is 11.1 Å². The molecule has 3 atom stereocenters. The van der Waals surface area contributed by atoms with Crippen LogP contribution < -0.4 is 5.32 Å². The number of hydrogen-bond donors (Lipinski definition) is 2. The fraction of sp³-hybridized carbons (Fsp3) is 0.464. The molecule has 1 saturated heterocycles. The first-order valence-corrected chi connectivity index (χ1v) is 12.5. The number of rotatable bonds is 8. The largest absolute Gasteiger partial charge is 0.481 e. The van der Waals surface area contributed by atoms with E-state index in [1.807, 2.05) is 31.2 Å². The number of alkyl carbamates (subject to hydrolysis) is 1. The van der Waals surface area contributed by atoms with Crippen molar-refractivity contribution in [2.45, 2.75) is 51.5 Å². The lowest BCUT2D eigenvalue weighted by Gasteiger charge is -2.39. The zero-order chi connectivity index (χ0) is 24.9. The predicted molar refractivity (Wildman–Crippen MR) is 133 cm³/mol. The molecular weight excluding hydrogens is 444 g/mol. The summed E-state index contributed by atoms with van der Waals surface area (Å²) in [6, 6.07) is 16.0. The van der Waals surface area contributed by atoms with Crippen LogP contribution in [-0.2, 0) is 14.3 Å². The number of carbonyl (C=O) groups is 3. The highest BCUT2D eigenvalue weighted by atomic mass is 16.5. The molecule has 1 heterocycles. The van der Waals surface area contributed by atoms with Crippen molar-refractivity contribution in [3.63, 3.8) is 0 Å². The van der Waals surface area contributed by atoms with Gasteiger partial charge in [-0.05, 0) is 48.4 Å². The number of ether oxygens (including phenoxy) is 1. The maximum absolute atomic E-state index is 13.3. The van der Waals surface area contributed by atoms with Crippen LogP contribution in [0.15, 0.2) is 48.5 Å². The van der Waals surface area contributed by atoms with E-state index in [1.54, 1.807) is 11.8 Å². The molecule has 7 nitrogen and oxygen atoms in total. The van der Waals surface area contributed by atoms with Gasteiger partial charge in [0.05, 0.1) is 11.8 Å². The molecule has 0 spiro atoms. The van der Waals surface area contributed by atoms with Crippen LogP contribution in [0.25, 0.3) is 11.1 Å². The van der Waals surface area contributed by atoms with E-state index < -0.39 is 23.9 Å². The van der Waals surface area contributed by atoms with Gasteiger partial charge in [0.15, 0.2) is 0 Å². The van der Waals surface area contributed by atoms with Gasteiger partial charge in [-0.25, -0.2) is 4.79 Å². The summed E-state index contributed by atoms with van der Waals surface area (Å²) in [7, 11) is 0. The third-order valence-corrected chi connectivity index (χ3v) is 7.41. The molecule has 1 fully saturated rings. The first kappa shape index (κ1) is 24.8. The molecular formula is C28H34N2O5. The summed E-state index contributed by atoms with van der Waals surface area (Å²) < 4.78 is 5.61. The van der Waals surface area contributed by atoms with Crippen molar-refractivity contribution in [3.05, 3.63) is 59.7 Å². The minimum absolute atomic E-state index is 0.0247. The average molecular weight is 479 g/mol. The Morgan fingerprint density at radius 1 is 1.09 bits per heavy atom. The third kappa shape index (κ3) is 5.19. The Kier molecular flexibility index (Phi) is 7.73. The summed E-state index contributed by atoms with van der Waals surface area (Å²) in [5, 5.41) is 12.3. The van der Waals surface area contributed by atoms with Gasteiger partial charge in [0.1, 0.15) is 6.61 Å². The molecule has 1 unspecified atom stereocenters. The van der Waals surface area contributed by atoms with Crippen LogP contribution in [0.5, 0.6) is 0 Å². The first-order chi connectivity index (χ1) is 16.9. The summed E-state index contributed by atoms with van der Waals surface area (Å²) >= 11 is 0. The van der Waals surface area contributed by atoms with E-state index in [2.05, 4.69) is 29.6 Å². The number of fused-ring (bicyclic) bond motifs is 3. The number of amides is 2. The number of carbonyl (C=O) groups excluding carboxylic acids is 2. The molecule has 1 aliphatic carbocycles. The molecule has 0 bridgehead atoms. The van der Waals surface area contributed by atoms with Crippen LogP contribution in [-0.4, -0.2) is 53.7 Å². The molecule has 35 heavy (non-hydrogen) atoms. The Hall–Kier alpha value is -3.35. The van der Waals surface area contributed by atoms with E-state index >= 15 is 0 Å². The van der Waals surface area contributed by atoms with Gasteiger partial charge >= 0.3 is 12.1 Å². The molecule has 0 aromatic heterocycles. The Morgan fingerprint density at radius 2 is 1.71 bits per heavy atom. The minimum atomic E-state index is -0.862. The van der Waals surface area contributed by atoms with Crippen molar-refractivity contribution < 1.29 is 24.2 Å². The fourth-order valence-electron chi connectivity index (χ4n) is 5.54. The Bertz CT molecular complexity index is 1040. The van der Waals surface area contributed by atoms with Gasteiger partial charge in [0, 0.05) is 25.0 Å². The predicted octanol–water partition coefficient (Wildman–Crippen LogP) is 4.65.